The third-order valence-corrected chi connectivity index (χ3v) is 6.99. The number of nitrogens with one attached hydrogen (secondary N) is 1. The summed E-state index contributed by atoms with van der Waals surface area (Å²) >= 11 is 3.24. The van der Waals surface area contributed by atoms with Crippen LogP contribution in [0, 0.1) is 6.92 Å². The summed E-state index contributed by atoms with van der Waals surface area (Å²) in [7, 11) is 3.24. The van der Waals surface area contributed by atoms with Gasteiger partial charge in [-0.05, 0) is 67.1 Å². The van der Waals surface area contributed by atoms with Crippen molar-refractivity contribution in [3.05, 3.63) is 71.8 Å². The molecule has 8 heteroatoms. The van der Waals surface area contributed by atoms with Gasteiger partial charge in [-0.25, -0.2) is 4.98 Å². The third kappa shape index (κ3) is 5.77. The van der Waals surface area contributed by atoms with Gasteiger partial charge in [-0.3, -0.25) is 4.79 Å². The van der Waals surface area contributed by atoms with Gasteiger partial charge in [0.15, 0.2) is 15.8 Å². The number of ether oxygens (including phenoxy) is 3. The molecule has 0 fully saturated rings. The van der Waals surface area contributed by atoms with Crippen LogP contribution in [-0.4, -0.2) is 37.5 Å². The first-order chi connectivity index (χ1) is 16.1. The van der Waals surface area contributed by atoms with Crippen molar-refractivity contribution in [2.45, 2.75) is 11.3 Å². The number of amides is 1. The van der Waals surface area contributed by atoms with Gasteiger partial charge >= 0.3 is 0 Å². The maximum atomic E-state index is 12.5. The van der Waals surface area contributed by atoms with Crippen LogP contribution in [0.1, 0.15) is 15.9 Å². The lowest BCUT2D eigenvalue weighted by atomic mass is 10.2. The molecule has 4 rings (SSSR count). The number of aryl methyl sites for hydroxylation is 1. The number of nitrogens with zero attached hydrogens (tertiary/aromatic N) is 1. The van der Waals surface area contributed by atoms with Gasteiger partial charge in [0.2, 0.25) is 0 Å². The van der Waals surface area contributed by atoms with Crippen molar-refractivity contribution >= 4 is 44.9 Å². The summed E-state index contributed by atoms with van der Waals surface area (Å²) in [6, 6.07) is 18.6. The van der Waals surface area contributed by atoms with Crippen LogP contribution in [0.25, 0.3) is 10.2 Å². The second-order valence-corrected chi connectivity index (χ2v) is 9.57. The highest BCUT2D eigenvalue weighted by molar-refractivity contribution is 8.01. The molecule has 0 atom stereocenters. The third-order valence-electron chi connectivity index (χ3n) is 4.86. The molecular weight excluding hydrogens is 456 g/mol. The number of thioether (sulfide) groups is 1. The Morgan fingerprint density at radius 2 is 1.82 bits per heavy atom. The Hall–Kier alpha value is -3.23. The van der Waals surface area contributed by atoms with Gasteiger partial charge in [0, 0.05) is 17.0 Å². The molecule has 170 valence electrons. The van der Waals surface area contributed by atoms with Crippen molar-refractivity contribution in [3.8, 4) is 17.2 Å². The molecule has 0 unspecified atom stereocenters. The van der Waals surface area contributed by atoms with E-state index in [1.807, 2.05) is 43.3 Å². The van der Waals surface area contributed by atoms with Crippen LogP contribution < -0.4 is 19.5 Å². The maximum absolute atomic E-state index is 12.5. The molecule has 4 aromatic rings. The Morgan fingerprint density at radius 3 is 2.58 bits per heavy atom. The molecule has 0 radical (unpaired) electrons. The zero-order chi connectivity index (χ0) is 23.2. The van der Waals surface area contributed by atoms with Crippen LogP contribution >= 0.6 is 23.1 Å². The predicted octanol–water partition coefficient (Wildman–Crippen LogP) is 6.05. The van der Waals surface area contributed by atoms with E-state index in [-0.39, 0.29) is 5.91 Å². The van der Waals surface area contributed by atoms with Gasteiger partial charge < -0.3 is 19.5 Å². The summed E-state index contributed by atoms with van der Waals surface area (Å²) in [5.41, 5.74) is 3.34. The number of anilines is 1. The van der Waals surface area contributed by atoms with E-state index < -0.39 is 0 Å². The Labute approximate surface area is 200 Å². The normalized spacial score (nSPS) is 10.8. The average Bonchev–Trinajstić information content (AvgIpc) is 3.24. The minimum atomic E-state index is -0.167. The van der Waals surface area contributed by atoms with E-state index in [2.05, 4.69) is 10.3 Å². The zero-order valence-corrected chi connectivity index (χ0v) is 20.2. The molecule has 33 heavy (non-hydrogen) atoms. The average molecular weight is 481 g/mol. The molecule has 0 aliphatic rings. The first kappa shape index (κ1) is 22.9. The van der Waals surface area contributed by atoms with E-state index in [0.29, 0.717) is 17.9 Å². The first-order valence-electron chi connectivity index (χ1n) is 10.3. The molecule has 1 N–H and O–H groups in total. The van der Waals surface area contributed by atoms with E-state index in [4.69, 9.17) is 14.2 Å². The number of thiazole rings is 1. The maximum Gasteiger partial charge on any atom is 0.255 e. The second-order valence-electron chi connectivity index (χ2n) is 7.20. The minimum absolute atomic E-state index is 0.167. The van der Waals surface area contributed by atoms with Crippen molar-refractivity contribution in [3.63, 3.8) is 0 Å². The number of fused-ring (bicyclic) bond motifs is 1. The Balaban J connectivity index is 1.34. The number of hydrogen-bond acceptors (Lipinski definition) is 7. The Kier molecular flexibility index (Phi) is 7.36. The molecule has 0 spiro atoms. The molecular formula is C25H24N2O4S2. The van der Waals surface area contributed by atoms with Crippen molar-refractivity contribution < 1.29 is 19.0 Å². The number of methoxy groups -OCH3 is 2. The molecule has 0 saturated heterocycles. The van der Waals surface area contributed by atoms with Gasteiger partial charge in [0.05, 0.1) is 31.0 Å². The lowest BCUT2D eigenvalue weighted by molar-refractivity contribution is 0.102. The topological polar surface area (TPSA) is 69.7 Å². The predicted molar refractivity (Wildman–Crippen MR) is 135 cm³/mol. The Morgan fingerprint density at radius 1 is 1.00 bits per heavy atom. The van der Waals surface area contributed by atoms with Gasteiger partial charge in [0.25, 0.3) is 5.91 Å². The summed E-state index contributed by atoms with van der Waals surface area (Å²) in [5.74, 6) is 2.79. The van der Waals surface area contributed by atoms with E-state index in [0.717, 1.165) is 43.1 Å². The summed E-state index contributed by atoms with van der Waals surface area (Å²) < 4.78 is 18.4. The van der Waals surface area contributed by atoms with Crippen LogP contribution in [0.2, 0.25) is 0 Å². The van der Waals surface area contributed by atoms with Crippen molar-refractivity contribution in [1.82, 2.24) is 4.98 Å². The van der Waals surface area contributed by atoms with Crippen molar-refractivity contribution in [2.75, 3.05) is 31.9 Å². The second kappa shape index (κ2) is 10.6. The number of aromatic nitrogens is 1. The van der Waals surface area contributed by atoms with Gasteiger partial charge in [0.1, 0.15) is 5.75 Å². The molecule has 6 nitrogen and oxygen atoms in total. The van der Waals surface area contributed by atoms with Gasteiger partial charge in [-0.15, -0.1) is 11.3 Å². The summed E-state index contributed by atoms with van der Waals surface area (Å²) in [6.07, 6.45) is 0. The van der Waals surface area contributed by atoms with Crippen molar-refractivity contribution in [1.29, 1.82) is 0 Å². The molecule has 0 aliphatic carbocycles. The molecule has 3 aromatic carbocycles. The smallest absolute Gasteiger partial charge is 0.255 e. The fraction of sp³-hybridized carbons (Fsp3) is 0.200. The highest BCUT2D eigenvalue weighted by Gasteiger charge is 2.10. The molecule has 0 saturated carbocycles. The van der Waals surface area contributed by atoms with Crippen LogP contribution in [0.5, 0.6) is 17.2 Å². The summed E-state index contributed by atoms with van der Waals surface area (Å²) in [5, 5.41) is 2.94. The summed E-state index contributed by atoms with van der Waals surface area (Å²) in [6.45, 7) is 2.56. The number of carbonyl (C=O) groups is 1. The zero-order valence-electron chi connectivity index (χ0n) is 18.6. The number of hydrogen-bond donors (Lipinski definition) is 1. The standard InChI is InChI=1S/C25H24N2O4S2/c1-16-4-11-21(22(14-16)30-3)31-12-13-32-25-27-20-10-7-18(15-23(20)33-25)26-24(28)17-5-8-19(29-2)9-6-17/h4-11,14-15H,12-13H2,1-3H3,(H,26,28). The van der Waals surface area contributed by atoms with Gasteiger partial charge in [-0.2, -0.15) is 0 Å². The minimum Gasteiger partial charge on any atom is -0.497 e. The highest BCUT2D eigenvalue weighted by atomic mass is 32.2. The fourth-order valence-corrected chi connectivity index (χ4v) is 5.16. The van der Waals surface area contributed by atoms with Crippen LogP contribution in [-0.2, 0) is 0 Å². The van der Waals surface area contributed by atoms with Crippen LogP contribution in [0.3, 0.4) is 0 Å². The first-order valence-corrected chi connectivity index (χ1v) is 12.1. The molecule has 0 bridgehead atoms. The number of benzene rings is 3. The molecule has 1 amide bonds. The van der Waals surface area contributed by atoms with Crippen LogP contribution in [0.4, 0.5) is 5.69 Å². The van der Waals surface area contributed by atoms with E-state index in [1.165, 1.54) is 0 Å². The van der Waals surface area contributed by atoms with Crippen LogP contribution in [0.15, 0.2) is 65.0 Å². The molecule has 1 aromatic heterocycles. The SMILES string of the molecule is COc1ccc(C(=O)Nc2ccc3nc(SCCOc4ccc(C)cc4OC)sc3c2)cc1. The largest absolute Gasteiger partial charge is 0.497 e. The van der Waals surface area contributed by atoms with Gasteiger partial charge in [-0.1, -0.05) is 17.8 Å². The molecule has 0 aliphatic heterocycles. The Bertz CT molecular complexity index is 1260. The lowest BCUT2D eigenvalue weighted by Crippen LogP contribution is -2.11. The number of carbonyl (C=O) groups excluding carboxylic acids is 1. The van der Waals surface area contributed by atoms with E-state index in [1.54, 1.807) is 61.6 Å². The number of rotatable bonds is 9. The fourth-order valence-electron chi connectivity index (χ4n) is 3.16. The molecule has 1 heterocycles. The van der Waals surface area contributed by atoms with E-state index >= 15 is 0 Å². The monoisotopic (exact) mass is 480 g/mol. The van der Waals surface area contributed by atoms with Crippen molar-refractivity contribution in [2.24, 2.45) is 0 Å². The lowest BCUT2D eigenvalue weighted by Gasteiger charge is -2.10. The highest BCUT2D eigenvalue weighted by Crippen LogP contribution is 2.32. The van der Waals surface area contributed by atoms with E-state index in [9.17, 15) is 4.79 Å². The quantitative estimate of drug-likeness (QED) is 0.232. The summed E-state index contributed by atoms with van der Waals surface area (Å²) in [4.78, 5) is 17.2.